The van der Waals surface area contributed by atoms with Gasteiger partial charge in [0.1, 0.15) is 5.25 Å². The van der Waals surface area contributed by atoms with Crippen LogP contribution in [0.25, 0.3) is 11.3 Å². The standard InChI is InChI=1S/C30H20Cl3N3O2S2/c31-21-9-4-8-20(14-21)28(37)34-22-10-5-11-23(16-22)40-27(18-6-2-1-3-7-18)29(38)36-30-35-26(17-39-30)19-12-13-24(32)25(33)15-19/h1-17,27H,(H,34,37)(H,35,36,38). The fourth-order valence-electron chi connectivity index (χ4n) is 3.81. The zero-order chi connectivity index (χ0) is 28.1. The van der Waals surface area contributed by atoms with E-state index in [1.807, 2.05) is 60.0 Å². The minimum absolute atomic E-state index is 0.223. The van der Waals surface area contributed by atoms with Gasteiger partial charge in [0.15, 0.2) is 5.13 Å². The summed E-state index contributed by atoms with van der Waals surface area (Å²) < 4.78 is 0. The predicted molar refractivity (Wildman–Crippen MR) is 167 cm³/mol. The van der Waals surface area contributed by atoms with Crippen molar-refractivity contribution in [2.75, 3.05) is 10.6 Å². The average molecular weight is 625 g/mol. The number of benzene rings is 4. The van der Waals surface area contributed by atoms with Crippen LogP contribution in [0.15, 0.2) is 107 Å². The van der Waals surface area contributed by atoms with E-state index >= 15 is 0 Å². The maximum Gasteiger partial charge on any atom is 0.255 e. The quantitative estimate of drug-likeness (QED) is 0.169. The molecule has 1 unspecified atom stereocenters. The van der Waals surface area contributed by atoms with Crippen molar-refractivity contribution in [2.45, 2.75) is 10.1 Å². The van der Waals surface area contributed by atoms with E-state index in [1.54, 1.807) is 42.5 Å². The lowest BCUT2D eigenvalue weighted by atomic mass is 10.1. The molecule has 0 saturated heterocycles. The van der Waals surface area contributed by atoms with Gasteiger partial charge in [-0.3, -0.25) is 9.59 Å². The van der Waals surface area contributed by atoms with Gasteiger partial charge < -0.3 is 10.6 Å². The number of carbonyl (C=O) groups is 2. The van der Waals surface area contributed by atoms with Crippen LogP contribution in [-0.4, -0.2) is 16.8 Å². The van der Waals surface area contributed by atoms with Crippen LogP contribution in [-0.2, 0) is 4.79 Å². The summed E-state index contributed by atoms with van der Waals surface area (Å²) in [6, 6.07) is 28.9. The lowest BCUT2D eigenvalue weighted by Crippen LogP contribution is -2.19. The van der Waals surface area contributed by atoms with Gasteiger partial charge in [0.05, 0.1) is 15.7 Å². The Hall–Kier alpha value is -3.33. The van der Waals surface area contributed by atoms with Crippen LogP contribution in [0.1, 0.15) is 21.2 Å². The molecule has 10 heteroatoms. The van der Waals surface area contributed by atoms with Crippen molar-refractivity contribution < 1.29 is 9.59 Å². The van der Waals surface area contributed by atoms with Gasteiger partial charge >= 0.3 is 0 Å². The lowest BCUT2D eigenvalue weighted by Gasteiger charge is -2.17. The summed E-state index contributed by atoms with van der Waals surface area (Å²) in [6.45, 7) is 0. The second-order valence-corrected chi connectivity index (χ2v) is 11.8. The SMILES string of the molecule is O=C(Nc1cccc(SC(C(=O)Nc2nc(-c3ccc(Cl)c(Cl)c3)cs2)c2ccccc2)c1)c1cccc(Cl)c1. The molecule has 2 N–H and O–H groups in total. The van der Waals surface area contributed by atoms with E-state index in [2.05, 4.69) is 15.6 Å². The number of amides is 2. The van der Waals surface area contributed by atoms with Crippen molar-refractivity contribution in [3.8, 4) is 11.3 Å². The first kappa shape index (κ1) is 28.2. The number of carbonyl (C=O) groups excluding carboxylic acids is 2. The van der Waals surface area contributed by atoms with E-state index in [0.29, 0.717) is 37.1 Å². The van der Waals surface area contributed by atoms with E-state index in [-0.39, 0.29) is 11.8 Å². The number of hydrogen-bond acceptors (Lipinski definition) is 5. The highest BCUT2D eigenvalue weighted by molar-refractivity contribution is 8.00. The van der Waals surface area contributed by atoms with Gasteiger partial charge in [-0.05, 0) is 54.1 Å². The average Bonchev–Trinajstić information content (AvgIpc) is 3.42. The highest BCUT2D eigenvalue weighted by Gasteiger charge is 2.23. The number of rotatable bonds is 8. The van der Waals surface area contributed by atoms with E-state index < -0.39 is 5.25 Å². The largest absolute Gasteiger partial charge is 0.322 e. The van der Waals surface area contributed by atoms with Gasteiger partial charge in [-0.15, -0.1) is 23.1 Å². The van der Waals surface area contributed by atoms with Gasteiger partial charge in [0, 0.05) is 32.1 Å². The normalized spacial score (nSPS) is 11.6. The molecule has 0 bridgehead atoms. The molecule has 2 amide bonds. The minimum Gasteiger partial charge on any atom is -0.322 e. The summed E-state index contributed by atoms with van der Waals surface area (Å²) in [7, 11) is 0. The molecule has 0 aliphatic heterocycles. The van der Waals surface area contributed by atoms with Crippen LogP contribution in [0.4, 0.5) is 10.8 Å². The van der Waals surface area contributed by atoms with Gasteiger partial charge in [-0.2, -0.15) is 0 Å². The fraction of sp³-hybridized carbons (Fsp3) is 0.0333. The van der Waals surface area contributed by atoms with Crippen LogP contribution >= 0.6 is 57.9 Å². The Balaban J connectivity index is 1.34. The molecule has 4 aromatic carbocycles. The van der Waals surface area contributed by atoms with Gasteiger partial charge in [0.2, 0.25) is 5.91 Å². The second kappa shape index (κ2) is 12.9. The smallest absolute Gasteiger partial charge is 0.255 e. The van der Waals surface area contributed by atoms with Crippen molar-refractivity contribution in [3.63, 3.8) is 0 Å². The van der Waals surface area contributed by atoms with Crippen LogP contribution in [0.2, 0.25) is 15.1 Å². The molecule has 0 saturated carbocycles. The third-order valence-electron chi connectivity index (χ3n) is 5.72. The molecule has 0 aliphatic rings. The van der Waals surface area contributed by atoms with Crippen LogP contribution < -0.4 is 10.6 Å². The fourth-order valence-corrected chi connectivity index (χ4v) is 6.10. The minimum atomic E-state index is -0.572. The molecule has 5 rings (SSSR count). The molecular formula is C30H20Cl3N3O2S2. The van der Waals surface area contributed by atoms with Crippen molar-refractivity contribution in [1.82, 2.24) is 4.98 Å². The topological polar surface area (TPSA) is 71.1 Å². The lowest BCUT2D eigenvalue weighted by molar-refractivity contribution is -0.115. The molecule has 1 atom stereocenters. The van der Waals surface area contributed by atoms with Crippen molar-refractivity contribution in [3.05, 3.63) is 129 Å². The number of halogens is 3. The molecule has 5 nitrogen and oxygen atoms in total. The number of anilines is 2. The zero-order valence-electron chi connectivity index (χ0n) is 20.6. The number of nitrogens with zero attached hydrogens (tertiary/aromatic N) is 1. The first-order valence-corrected chi connectivity index (χ1v) is 14.9. The predicted octanol–water partition coefficient (Wildman–Crippen LogP) is 9.49. The van der Waals surface area contributed by atoms with Crippen LogP contribution in [0, 0.1) is 0 Å². The van der Waals surface area contributed by atoms with E-state index in [9.17, 15) is 9.59 Å². The van der Waals surface area contributed by atoms with Gasteiger partial charge in [-0.1, -0.05) is 83.3 Å². The summed E-state index contributed by atoms with van der Waals surface area (Å²) in [5.41, 5.74) is 3.38. The molecular weight excluding hydrogens is 605 g/mol. The Labute approximate surface area is 254 Å². The summed E-state index contributed by atoms with van der Waals surface area (Å²) >= 11 is 20.9. The van der Waals surface area contributed by atoms with Crippen molar-refractivity contribution >= 4 is 80.5 Å². The Kier molecular flexibility index (Phi) is 9.09. The first-order valence-electron chi connectivity index (χ1n) is 12.0. The monoisotopic (exact) mass is 623 g/mol. The number of hydrogen-bond donors (Lipinski definition) is 2. The molecule has 1 aromatic heterocycles. The highest BCUT2D eigenvalue weighted by atomic mass is 35.5. The van der Waals surface area contributed by atoms with Gasteiger partial charge in [-0.25, -0.2) is 4.98 Å². The third-order valence-corrected chi connectivity index (χ3v) is 8.70. The maximum absolute atomic E-state index is 13.6. The summed E-state index contributed by atoms with van der Waals surface area (Å²) in [4.78, 5) is 31.7. The Morgan fingerprint density at radius 3 is 2.38 bits per heavy atom. The number of nitrogens with one attached hydrogen (secondary N) is 2. The Morgan fingerprint density at radius 2 is 1.60 bits per heavy atom. The summed E-state index contributed by atoms with van der Waals surface area (Å²) in [5.74, 6) is -0.497. The number of aromatic nitrogens is 1. The molecule has 0 spiro atoms. The van der Waals surface area contributed by atoms with Gasteiger partial charge in [0.25, 0.3) is 5.91 Å². The highest BCUT2D eigenvalue weighted by Crippen LogP contribution is 2.38. The third kappa shape index (κ3) is 7.05. The van der Waals surface area contributed by atoms with Crippen LogP contribution in [0.3, 0.4) is 0 Å². The molecule has 0 fully saturated rings. The Bertz CT molecular complexity index is 1680. The molecule has 1 heterocycles. The summed E-state index contributed by atoms with van der Waals surface area (Å²) in [5, 5.41) is 8.98. The van der Waals surface area contributed by atoms with Crippen LogP contribution in [0.5, 0.6) is 0 Å². The van der Waals surface area contributed by atoms with E-state index in [1.165, 1.54) is 23.1 Å². The molecule has 40 heavy (non-hydrogen) atoms. The van der Waals surface area contributed by atoms with Crippen molar-refractivity contribution in [2.24, 2.45) is 0 Å². The number of thioether (sulfide) groups is 1. The maximum atomic E-state index is 13.6. The van der Waals surface area contributed by atoms with E-state index in [4.69, 9.17) is 34.8 Å². The Morgan fingerprint density at radius 1 is 0.800 bits per heavy atom. The summed E-state index contributed by atoms with van der Waals surface area (Å²) in [6.07, 6.45) is 0. The molecule has 200 valence electrons. The number of thiazole rings is 1. The zero-order valence-corrected chi connectivity index (χ0v) is 24.5. The first-order chi connectivity index (χ1) is 19.4. The molecule has 5 aromatic rings. The molecule has 0 aliphatic carbocycles. The van der Waals surface area contributed by atoms with E-state index in [0.717, 1.165) is 16.0 Å². The molecule has 0 radical (unpaired) electrons. The van der Waals surface area contributed by atoms with Crippen molar-refractivity contribution in [1.29, 1.82) is 0 Å². The second-order valence-electron chi connectivity index (χ2n) is 8.56.